The molecule has 3 aromatic carbocycles. The van der Waals surface area contributed by atoms with Crippen LogP contribution in [0.4, 0.5) is 11.6 Å². The van der Waals surface area contributed by atoms with Gasteiger partial charge in [0, 0.05) is 18.7 Å². The second kappa shape index (κ2) is 8.07. The molecule has 1 aliphatic rings. The molecule has 2 amide bonds. The smallest absolute Gasteiger partial charge is 0.235 e. The van der Waals surface area contributed by atoms with Crippen molar-refractivity contribution >= 4 is 34.5 Å². The predicted molar refractivity (Wildman–Crippen MR) is 121 cm³/mol. The zero-order chi connectivity index (χ0) is 21.2. The molecule has 0 spiro atoms. The van der Waals surface area contributed by atoms with Gasteiger partial charge in [-0.05, 0) is 29.8 Å². The third kappa shape index (κ3) is 3.80. The van der Waals surface area contributed by atoms with Crippen molar-refractivity contribution < 1.29 is 9.59 Å². The van der Waals surface area contributed by atoms with Gasteiger partial charge in [0.05, 0.1) is 23.5 Å². The van der Waals surface area contributed by atoms with Gasteiger partial charge in [-0.15, -0.1) is 0 Å². The number of para-hydroxylation sites is 3. The zero-order valence-electron chi connectivity index (χ0n) is 16.9. The van der Waals surface area contributed by atoms with E-state index in [9.17, 15) is 9.59 Å². The fourth-order valence-corrected chi connectivity index (χ4v) is 4.09. The summed E-state index contributed by atoms with van der Waals surface area (Å²) < 4.78 is 2.06. The number of aromatic nitrogens is 2. The Morgan fingerprint density at radius 2 is 1.61 bits per heavy atom. The number of hydrogen-bond acceptors (Lipinski definition) is 3. The van der Waals surface area contributed by atoms with Crippen LogP contribution in [0.15, 0.2) is 84.9 Å². The number of fused-ring (bicyclic) bond motifs is 3. The van der Waals surface area contributed by atoms with Crippen molar-refractivity contribution in [1.29, 1.82) is 0 Å². The van der Waals surface area contributed by atoms with E-state index in [0.29, 0.717) is 19.0 Å². The van der Waals surface area contributed by atoms with Crippen molar-refractivity contribution in [2.24, 2.45) is 5.92 Å². The number of anilines is 2. The molecule has 0 aliphatic carbocycles. The number of nitrogens with one attached hydrogen (secondary N) is 1. The first-order valence-corrected chi connectivity index (χ1v) is 10.3. The predicted octanol–water partition coefficient (Wildman–Crippen LogP) is 4.23. The van der Waals surface area contributed by atoms with Crippen LogP contribution in [0.25, 0.3) is 11.0 Å². The Balaban J connectivity index is 1.46. The Morgan fingerprint density at radius 3 is 2.39 bits per heavy atom. The lowest BCUT2D eigenvalue weighted by Crippen LogP contribution is -2.44. The van der Waals surface area contributed by atoms with Crippen molar-refractivity contribution in [2.75, 3.05) is 10.2 Å². The van der Waals surface area contributed by atoms with E-state index in [4.69, 9.17) is 4.98 Å². The fourth-order valence-electron chi connectivity index (χ4n) is 4.09. The minimum Gasteiger partial charge on any atom is -0.326 e. The number of imidazole rings is 1. The summed E-state index contributed by atoms with van der Waals surface area (Å²) in [5.41, 5.74) is 3.56. The van der Waals surface area contributed by atoms with E-state index >= 15 is 0 Å². The van der Waals surface area contributed by atoms with Crippen LogP contribution in [0.2, 0.25) is 0 Å². The summed E-state index contributed by atoms with van der Waals surface area (Å²) in [6.45, 7) is 0.849. The molecule has 31 heavy (non-hydrogen) atoms. The lowest BCUT2D eigenvalue weighted by molar-refractivity contribution is -0.127. The lowest BCUT2D eigenvalue weighted by Gasteiger charge is -2.32. The summed E-state index contributed by atoms with van der Waals surface area (Å²) in [4.78, 5) is 32.6. The Kier molecular flexibility index (Phi) is 4.96. The molecular weight excluding hydrogens is 388 g/mol. The molecule has 0 fully saturated rings. The molecule has 4 aromatic rings. The van der Waals surface area contributed by atoms with Crippen molar-refractivity contribution in [3.63, 3.8) is 0 Å². The Morgan fingerprint density at radius 1 is 0.935 bits per heavy atom. The van der Waals surface area contributed by atoms with Gasteiger partial charge in [-0.25, -0.2) is 4.98 Å². The Hall–Kier alpha value is -3.93. The number of hydrogen-bond donors (Lipinski definition) is 1. The molecule has 1 atom stereocenters. The molecule has 5 rings (SSSR count). The van der Waals surface area contributed by atoms with E-state index in [1.807, 2.05) is 84.9 Å². The van der Waals surface area contributed by atoms with Gasteiger partial charge in [0.25, 0.3) is 0 Å². The Labute approximate surface area is 180 Å². The molecule has 1 unspecified atom stereocenters. The van der Waals surface area contributed by atoms with E-state index in [2.05, 4.69) is 9.88 Å². The van der Waals surface area contributed by atoms with Gasteiger partial charge in [0.15, 0.2) is 0 Å². The zero-order valence-corrected chi connectivity index (χ0v) is 16.9. The first-order valence-electron chi connectivity index (χ1n) is 10.3. The van der Waals surface area contributed by atoms with Crippen LogP contribution >= 0.6 is 0 Å². The highest BCUT2D eigenvalue weighted by Crippen LogP contribution is 2.32. The summed E-state index contributed by atoms with van der Waals surface area (Å²) in [6, 6.07) is 27.0. The fraction of sp³-hybridized carbons (Fsp3) is 0.160. The standard InChI is InChI=1S/C25H22N4O2/c30-23(26-20-11-5-2-6-12-20)15-19-17-28-22-14-8-7-13-21(22)27-25(28)29(24(19)31)16-18-9-3-1-4-10-18/h1-14,19H,15-17H2,(H,26,30). The number of carbonyl (C=O) groups is 2. The van der Waals surface area contributed by atoms with Gasteiger partial charge in [-0.2, -0.15) is 0 Å². The van der Waals surface area contributed by atoms with Crippen molar-refractivity contribution in [1.82, 2.24) is 9.55 Å². The number of benzene rings is 3. The molecule has 1 aromatic heterocycles. The summed E-state index contributed by atoms with van der Waals surface area (Å²) in [7, 11) is 0. The van der Waals surface area contributed by atoms with Gasteiger partial charge < -0.3 is 9.88 Å². The third-order valence-electron chi connectivity index (χ3n) is 5.57. The van der Waals surface area contributed by atoms with E-state index in [0.717, 1.165) is 22.3 Å². The average molecular weight is 410 g/mol. The number of carbonyl (C=O) groups excluding carboxylic acids is 2. The van der Waals surface area contributed by atoms with Gasteiger partial charge in [0.1, 0.15) is 0 Å². The highest BCUT2D eigenvalue weighted by Gasteiger charge is 2.36. The third-order valence-corrected chi connectivity index (χ3v) is 5.57. The number of amides is 2. The first kappa shape index (κ1) is 19.1. The van der Waals surface area contributed by atoms with E-state index in [1.165, 1.54) is 0 Å². The summed E-state index contributed by atoms with van der Waals surface area (Å²) in [5.74, 6) is -0.0701. The van der Waals surface area contributed by atoms with Crippen molar-refractivity contribution in [3.05, 3.63) is 90.5 Å². The van der Waals surface area contributed by atoms with Crippen LogP contribution in [0.1, 0.15) is 12.0 Å². The average Bonchev–Trinajstić information content (AvgIpc) is 3.16. The quantitative estimate of drug-likeness (QED) is 0.535. The van der Waals surface area contributed by atoms with Crippen molar-refractivity contribution in [3.8, 4) is 0 Å². The van der Waals surface area contributed by atoms with E-state index in [1.54, 1.807) is 4.90 Å². The van der Waals surface area contributed by atoms with Crippen LogP contribution in [0, 0.1) is 5.92 Å². The topological polar surface area (TPSA) is 67.2 Å². The maximum atomic E-state index is 13.4. The minimum absolute atomic E-state index is 0.0742. The summed E-state index contributed by atoms with van der Waals surface area (Å²) >= 11 is 0. The molecule has 0 radical (unpaired) electrons. The number of nitrogens with zero attached hydrogens (tertiary/aromatic N) is 3. The SMILES string of the molecule is O=C(CC1Cn2c(nc3ccccc32)N(Cc2ccccc2)C1=O)Nc1ccccc1. The molecule has 1 N–H and O–H groups in total. The van der Waals surface area contributed by atoms with E-state index < -0.39 is 5.92 Å². The Bertz CT molecular complexity index is 1230. The summed E-state index contributed by atoms with van der Waals surface area (Å²) in [6.07, 6.45) is 0.116. The molecule has 0 saturated heterocycles. The molecule has 1 aliphatic heterocycles. The number of rotatable bonds is 5. The highest BCUT2D eigenvalue weighted by atomic mass is 16.2. The normalized spacial score (nSPS) is 15.7. The van der Waals surface area contributed by atoms with Crippen LogP contribution in [0.5, 0.6) is 0 Å². The molecule has 0 bridgehead atoms. The molecule has 2 heterocycles. The molecule has 154 valence electrons. The largest absolute Gasteiger partial charge is 0.326 e. The lowest BCUT2D eigenvalue weighted by atomic mass is 10.0. The molecule has 0 saturated carbocycles. The highest BCUT2D eigenvalue weighted by molar-refractivity contribution is 6.01. The molecule has 6 nitrogen and oxygen atoms in total. The van der Waals surface area contributed by atoms with Gasteiger partial charge in [-0.1, -0.05) is 60.7 Å². The van der Waals surface area contributed by atoms with E-state index in [-0.39, 0.29) is 18.2 Å². The summed E-state index contributed by atoms with van der Waals surface area (Å²) in [5, 5.41) is 2.89. The van der Waals surface area contributed by atoms with Crippen LogP contribution in [0.3, 0.4) is 0 Å². The second-order valence-electron chi connectivity index (χ2n) is 7.74. The first-order chi connectivity index (χ1) is 15.2. The molecular formula is C25H22N4O2. The van der Waals surface area contributed by atoms with Crippen LogP contribution in [-0.4, -0.2) is 21.4 Å². The monoisotopic (exact) mass is 410 g/mol. The van der Waals surface area contributed by atoms with Gasteiger partial charge >= 0.3 is 0 Å². The minimum atomic E-state index is -0.461. The molecule has 6 heteroatoms. The van der Waals surface area contributed by atoms with Crippen LogP contribution in [-0.2, 0) is 22.7 Å². The maximum absolute atomic E-state index is 13.4. The van der Waals surface area contributed by atoms with Crippen LogP contribution < -0.4 is 10.2 Å². The maximum Gasteiger partial charge on any atom is 0.235 e. The van der Waals surface area contributed by atoms with Gasteiger partial charge in [0.2, 0.25) is 17.8 Å². The second-order valence-corrected chi connectivity index (χ2v) is 7.74. The van der Waals surface area contributed by atoms with Gasteiger partial charge in [-0.3, -0.25) is 14.5 Å². The van der Waals surface area contributed by atoms with Crippen molar-refractivity contribution in [2.45, 2.75) is 19.5 Å².